The number of carbonyl (C=O) groups excluding carboxylic acids is 1. The fourth-order valence-corrected chi connectivity index (χ4v) is 1.54. The van der Waals surface area contributed by atoms with Gasteiger partial charge in [0.25, 0.3) is 5.91 Å². The van der Waals surface area contributed by atoms with Crippen molar-refractivity contribution in [2.45, 2.75) is 6.92 Å². The van der Waals surface area contributed by atoms with E-state index in [0.29, 0.717) is 17.3 Å². The van der Waals surface area contributed by atoms with E-state index < -0.39 is 0 Å². The van der Waals surface area contributed by atoms with Gasteiger partial charge in [-0.05, 0) is 12.5 Å². The molecule has 0 spiro atoms. The summed E-state index contributed by atoms with van der Waals surface area (Å²) in [5.41, 5.74) is 1.77. The second-order valence-corrected chi connectivity index (χ2v) is 4.06. The summed E-state index contributed by atoms with van der Waals surface area (Å²) in [5.74, 6) is 0.607. The van der Waals surface area contributed by atoms with Gasteiger partial charge in [0, 0.05) is 18.7 Å². The van der Waals surface area contributed by atoms with Crippen LogP contribution < -0.4 is 20.1 Å². The first-order valence-corrected chi connectivity index (χ1v) is 5.81. The molecule has 1 aliphatic rings. The van der Waals surface area contributed by atoms with E-state index in [2.05, 4.69) is 20.6 Å². The summed E-state index contributed by atoms with van der Waals surface area (Å²) >= 11 is 0. The predicted molar refractivity (Wildman–Crippen MR) is 69.3 cm³/mol. The van der Waals surface area contributed by atoms with E-state index in [4.69, 9.17) is 9.47 Å². The Bertz CT molecular complexity index is 499. The number of carbonyl (C=O) groups is 1. The molecule has 1 aromatic heterocycles. The van der Waals surface area contributed by atoms with Gasteiger partial charge in [-0.15, -0.1) is 0 Å². The second kappa shape index (κ2) is 5.66. The van der Waals surface area contributed by atoms with Gasteiger partial charge < -0.3 is 14.8 Å². The third-order valence-corrected chi connectivity index (χ3v) is 2.87. The molecule has 1 fully saturated rings. The Balaban J connectivity index is 2.16. The molecule has 0 bridgehead atoms. The zero-order valence-electron chi connectivity index (χ0n) is 11.1. The molecule has 2 heterocycles. The molecular weight excluding hydrogens is 248 g/mol. The average molecular weight is 264 g/mol. The fraction of sp³-hybridized carbons (Fsp3) is 0.417. The predicted octanol–water partition coefficient (Wildman–Crippen LogP) is 0.352. The highest BCUT2D eigenvalue weighted by Crippen LogP contribution is 2.18. The summed E-state index contributed by atoms with van der Waals surface area (Å²) in [4.78, 5) is 20.1. The van der Waals surface area contributed by atoms with Gasteiger partial charge in [0.1, 0.15) is 0 Å². The Kier molecular flexibility index (Phi) is 3.96. The minimum absolute atomic E-state index is 0.161. The lowest BCUT2D eigenvalue weighted by atomic mass is 10.0. The number of nitrogens with one attached hydrogen (secondary N) is 2. The number of hydrogen-bond acceptors (Lipinski definition) is 6. The molecule has 0 saturated carbocycles. The number of rotatable bonds is 4. The third-order valence-electron chi connectivity index (χ3n) is 2.87. The number of ether oxygens (including phenoxy) is 2. The first kappa shape index (κ1) is 13.3. The van der Waals surface area contributed by atoms with Crippen LogP contribution in [0.3, 0.4) is 0 Å². The van der Waals surface area contributed by atoms with E-state index in [9.17, 15) is 4.79 Å². The standard InChI is InChI=1S/C12H16N4O3/c1-7(8-5-13-6-8)11(17)16-12-14-9(18-2)4-10(15-12)19-3/h4,13H,5-6H2,1-3H3,(H,14,15,16,17). The molecule has 102 valence electrons. The van der Waals surface area contributed by atoms with Gasteiger partial charge in [-0.3, -0.25) is 10.1 Å². The highest BCUT2D eigenvalue weighted by atomic mass is 16.5. The average Bonchev–Trinajstić information content (AvgIpc) is 2.36. The molecule has 2 rings (SSSR count). The maximum atomic E-state index is 12.0. The van der Waals surface area contributed by atoms with E-state index in [-0.39, 0.29) is 11.9 Å². The van der Waals surface area contributed by atoms with E-state index in [0.717, 1.165) is 18.7 Å². The summed E-state index contributed by atoms with van der Waals surface area (Å²) in [5, 5.41) is 5.72. The van der Waals surface area contributed by atoms with Crippen LogP contribution in [0.2, 0.25) is 0 Å². The molecule has 7 nitrogen and oxygen atoms in total. The molecule has 1 amide bonds. The SMILES string of the molecule is COc1cc(OC)nc(NC(=O)C(C)=C2CNC2)n1. The summed E-state index contributed by atoms with van der Waals surface area (Å²) in [6.07, 6.45) is 0. The first-order chi connectivity index (χ1) is 9.13. The van der Waals surface area contributed by atoms with Crippen molar-refractivity contribution in [2.75, 3.05) is 32.6 Å². The second-order valence-electron chi connectivity index (χ2n) is 4.06. The quantitative estimate of drug-likeness (QED) is 0.763. The minimum atomic E-state index is -0.216. The van der Waals surface area contributed by atoms with Crippen molar-refractivity contribution in [2.24, 2.45) is 0 Å². The van der Waals surface area contributed by atoms with Crippen LogP contribution in [0.5, 0.6) is 11.8 Å². The van der Waals surface area contributed by atoms with E-state index in [1.165, 1.54) is 20.3 Å². The van der Waals surface area contributed by atoms with Gasteiger partial charge in [-0.25, -0.2) is 0 Å². The van der Waals surface area contributed by atoms with Gasteiger partial charge in [-0.2, -0.15) is 9.97 Å². The monoisotopic (exact) mass is 264 g/mol. The van der Waals surface area contributed by atoms with Gasteiger partial charge in [0.05, 0.1) is 20.3 Å². The van der Waals surface area contributed by atoms with Crippen molar-refractivity contribution in [3.8, 4) is 11.8 Å². The van der Waals surface area contributed by atoms with E-state index >= 15 is 0 Å². The van der Waals surface area contributed by atoms with Crippen LogP contribution in [-0.4, -0.2) is 43.2 Å². The van der Waals surface area contributed by atoms with E-state index in [1.54, 1.807) is 6.92 Å². The van der Waals surface area contributed by atoms with Crippen LogP contribution in [0.1, 0.15) is 6.92 Å². The van der Waals surface area contributed by atoms with Crippen LogP contribution >= 0.6 is 0 Å². The maximum absolute atomic E-state index is 12.0. The Morgan fingerprint density at radius 3 is 2.26 bits per heavy atom. The Morgan fingerprint density at radius 1 is 1.26 bits per heavy atom. The highest BCUT2D eigenvalue weighted by Gasteiger charge is 2.17. The van der Waals surface area contributed by atoms with Crippen LogP contribution in [0.4, 0.5) is 5.95 Å². The van der Waals surface area contributed by atoms with Crippen molar-refractivity contribution in [1.29, 1.82) is 0 Å². The minimum Gasteiger partial charge on any atom is -0.481 e. The molecule has 0 aromatic carbocycles. The summed E-state index contributed by atoms with van der Waals surface area (Å²) < 4.78 is 10.0. The molecule has 0 unspecified atom stereocenters. The van der Waals surface area contributed by atoms with E-state index in [1.807, 2.05) is 0 Å². The third kappa shape index (κ3) is 3.00. The van der Waals surface area contributed by atoms with Crippen LogP contribution in [-0.2, 0) is 4.79 Å². The van der Waals surface area contributed by atoms with Gasteiger partial charge in [0.2, 0.25) is 17.7 Å². The molecular formula is C12H16N4O3. The number of nitrogens with zero attached hydrogens (tertiary/aromatic N) is 2. The lowest BCUT2D eigenvalue weighted by Gasteiger charge is -2.21. The van der Waals surface area contributed by atoms with Gasteiger partial charge in [0.15, 0.2) is 0 Å². The van der Waals surface area contributed by atoms with Gasteiger partial charge in [-0.1, -0.05) is 0 Å². The Morgan fingerprint density at radius 2 is 1.84 bits per heavy atom. The maximum Gasteiger partial charge on any atom is 0.253 e. The number of amides is 1. The number of methoxy groups -OCH3 is 2. The fourth-order valence-electron chi connectivity index (χ4n) is 1.54. The zero-order valence-corrected chi connectivity index (χ0v) is 11.1. The van der Waals surface area contributed by atoms with Gasteiger partial charge >= 0.3 is 0 Å². The molecule has 0 atom stereocenters. The highest BCUT2D eigenvalue weighted by molar-refractivity contribution is 6.03. The van der Waals surface area contributed by atoms with Crippen LogP contribution in [0, 0.1) is 0 Å². The first-order valence-electron chi connectivity index (χ1n) is 5.81. The molecule has 0 radical (unpaired) electrons. The smallest absolute Gasteiger partial charge is 0.253 e. The van der Waals surface area contributed by atoms with Crippen molar-refractivity contribution in [3.63, 3.8) is 0 Å². The van der Waals surface area contributed by atoms with Crippen molar-refractivity contribution < 1.29 is 14.3 Å². The summed E-state index contributed by atoms with van der Waals surface area (Å²) in [7, 11) is 2.97. The summed E-state index contributed by atoms with van der Waals surface area (Å²) in [6.45, 7) is 3.28. The molecule has 1 aromatic rings. The molecule has 7 heteroatoms. The zero-order chi connectivity index (χ0) is 13.8. The molecule has 1 saturated heterocycles. The van der Waals surface area contributed by atoms with Crippen molar-refractivity contribution in [3.05, 3.63) is 17.2 Å². The largest absolute Gasteiger partial charge is 0.481 e. The lowest BCUT2D eigenvalue weighted by Crippen LogP contribution is -2.36. The molecule has 1 aliphatic heterocycles. The number of aromatic nitrogens is 2. The van der Waals surface area contributed by atoms with Crippen molar-refractivity contribution >= 4 is 11.9 Å². The van der Waals surface area contributed by atoms with Crippen LogP contribution in [0.15, 0.2) is 17.2 Å². The number of hydrogen-bond donors (Lipinski definition) is 2. The number of anilines is 1. The Labute approximate surface area is 111 Å². The van der Waals surface area contributed by atoms with Crippen molar-refractivity contribution in [1.82, 2.24) is 15.3 Å². The lowest BCUT2D eigenvalue weighted by molar-refractivity contribution is -0.112. The molecule has 0 aliphatic carbocycles. The Hall–Kier alpha value is -2.15. The summed E-state index contributed by atoms with van der Waals surface area (Å²) in [6, 6.07) is 1.54. The molecule has 19 heavy (non-hydrogen) atoms. The van der Waals surface area contributed by atoms with Crippen LogP contribution in [0.25, 0.3) is 0 Å². The molecule has 2 N–H and O–H groups in total. The topological polar surface area (TPSA) is 85.4 Å². The normalized spacial score (nSPS) is 13.5.